The van der Waals surface area contributed by atoms with E-state index < -0.39 is 39.1 Å². The van der Waals surface area contributed by atoms with Gasteiger partial charge in [-0.3, -0.25) is 14.1 Å². The molecule has 2 aliphatic rings. The van der Waals surface area contributed by atoms with E-state index in [1.807, 2.05) is 0 Å². The first-order valence-corrected chi connectivity index (χ1v) is 12.5. The molecule has 1 atom stereocenters. The molecule has 2 aliphatic heterocycles. The average Bonchev–Trinajstić information content (AvgIpc) is 2.82. The van der Waals surface area contributed by atoms with Crippen molar-refractivity contribution in [2.45, 2.75) is 24.3 Å². The maximum Gasteiger partial charge on any atom is 0.314 e. The minimum atomic E-state index is -4.17. The van der Waals surface area contributed by atoms with Crippen LogP contribution in [-0.4, -0.2) is 50.3 Å². The molecule has 1 aromatic heterocycles. The average molecular weight is 517 g/mol. The Morgan fingerprint density at radius 3 is 2.61 bits per heavy atom. The van der Waals surface area contributed by atoms with Crippen LogP contribution in [0.1, 0.15) is 12.0 Å². The van der Waals surface area contributed by atoms with Crippen molar-refractivity contribution in [3.63, 3.8) is 0 Å². The van der Waals surface area contributed by atoms with Gasteiger partial charge >= 0.3 is 5.97 Å². The summed E-state index contributed by atoms with van der Waals surface area (Å²) in [6.07, 6.45) is 1.98. The Hall–Kier alpha value is -3.57. The van der Waals surface area contributed by atoms with E-state index in [2.05, 4.69) is 4.98 Å². The second kappa shape index (κ2) is 8.82. The predicted octanol–water partition coefficient (Wildman–Crippen LogP) is 3.78. The van der Waals surface area contributed by atoms with Gasteiger partial charge in [-0.1, -0.05) is 6.07 Å². The molecule has 0 amide bonds. The Kier molecular flexibility index (Phi) is 5.92. The number of carboxylic acid groups (broad SMARTS) is 1. The molecule has 36 heavy (non-hydrogen) atoms. The van der Waals surface area contributed by atoms with Crippen LogP contribution in [0.4, 0.5) is 14.5 Å². The summed E-state index contributed by atoms with van der Waals surface area (Å²) in [6.45, 7) is 1.52. The third-order valence-electron chi connectivity index (χ3n) is 6.40. The number of hydrogen-bond acceptors (Lipinski definition) is 6. The van der Waals surface area contributed by atoms with Crippen molar-refractivity contribution in [3.8, 4) is 16.9 Å². The lowest BCUT2D eigenvalue weighted by Gasteiger charge is -2.42. The second-order valence-electron chi connectivity index (χ2n) is 9.06. The third kappa shape index (κ3) is 4.18. The summed E-state index contributed by atoms with van der Waals surface area (Å²) in [4.78, 5) is 15.8. The van der Waals surface area contributed by atoms with E-state index in [4.69, 9.17) is 9.47 Å². The molecule has 0 radical (unpaired) electrons. The van der Waals surface area contributed by atoms with Crippen molar-refractivity contribution in [2.75, 3.05) is 24.1 Å². The predicted molar refractivity (Wildman–Crippen MR) is 125 cm³/mol. The molecule has 0 aliphatic carbocycles. The summed E-state index contributed by atoms with van der Waals surface area (Å²) >= 11 is 0. The molecule has 1 N–H and O–H groups in total. The Bertz CT molecular complexity index is 1460. The van der Waals surface area contributed by atoms with Crippen LogP contribution in [0, 0.1) is 24.0 Å². The standard InChI is InChI=1S/C25H22F2N2O6S/c1-15-6-19(11-28-10-15)36(32,33)29-12-18(9-25(24(30)31)13-34-14-25)35-23-5-2-16(7-22(23)29)20-8-17(26)3-4-21(20)27/h2-8,10-11,18H,9,12-14H2,1H3,(H,30,31)/t18-/m0/s1. The van der Waals surface area contributed by atoms with Crippen molar-refractivity contribution in [1.82, 2.24) is 4.98 Å². The fourth-order valence-electron chi connectivity index (χ4n) is 4.44. The molecule has 0 bridgehead atoms. The maximum absolute atomic E-state index is 14.5. The lowest BCUT2D eigenvalue weighted by Crippen LogP contribution is -2.54. The van der Waals surface area contributed by atoms with Crippen LogP contribution >= 0.6 is 0 Å². The van der Waals surface area contributed by atoms with Crippen molar-refractivity contribution in [1.29, 1.82) is 0 Å². The van der Waals surface area contributed by atoms with E-state index in [9.17, 15) is 27.1 Å². The molecule has 0 spiro atoms. The lowest BCUT2D eigenvalue weighted by atomic mass is 9.80. The zero-order chi connectivity index (χ0) is 25.7. The van der Waals surface area contributed by atoms with Crippen LogP contribution in [0.5, 0.6) is 5.75 Å². The molecule has 188 valence electrons. The Labute approximate surface area is 206 Å². The number of anilines is 1. The van der Waals surface area contributed by atoms with E-state index in [-0.39, 0.29) is 53.6 Å². The van der Waals surface area contributed by atoms with E-state index >= 15 is 0 Å². The van der Waals surface area contributed by atoms with Crippen LogP contribution in [-0.2, 0) is 19.6 Å². The van der Waals surface area contributed by atoms with E-state index in [0.717, 1.165) is 22.5 Å². The molecule has 3 heterocycles. The second-order valence-corrected chi connectivity index (χ2v) is 10.9. The summed E-state index contributed by atoms with van der Waals surface area (Å²) in [5.41, 5.74) is -0.195. The van der Waals surface area contributed by atoms with Crippen LogP contribution in [0.15, 0.2) is 59.8 Å². The number of carbonyl (C=O) groups is 1. The van der Waals surface area contributed by atoms with Gasteiger partial charge in [0.15, 0.2) is 0 Å². The summed E-state index contributed by atoms with van der Waals surface area (Å²) < 4.78 is 68.1. The number of fused-ring (bicyclic) bond motifs is 1. The molecule has 8 nitrogen and oxygen atoms in total. The van der Waals surface area contributed by atoms with Gasteiger partial charge in [-0.25, -0.2) is 17.2 Å². The monoisotopic (exact) mass is 516 g/mol. The van der Waals surface area contributed by atoms with Crippen LogP contribution in [0.25, 0.3) is 11.1 Å². The van der Waals surface area contributed by atoms with Crippen molar-refractivity contribution < 1.29 is 36.6 Å². The fraction of sp³-hybridized carbons (Fsp3) is 0.280. The summed E-state index contributed by atoms with van der Waals surface area (Å²) in [5, 5.41) is 9.71. The molecule has 11 heteroatoms. The normalized spacial score (nSPS) is 18.6. The topological polar surface area (TPSA) is 106 Å². The molecule has 1 fully saturated rings. The number of benzene rings is 2. The first-order chi connectivity index (χ1) is 17.1. The fourth-order valence-corrected chi connectivity index (χ4v) is 5.99. The van der Waals surface area contributed by atoms with Gasteiger partial charge in [0.05, 0.1) is 25.4 Å². The summed E-state index contributed by atoms with van der Waals surface area (Å²) in [7, 11) is -4.17. The number of sulfonamides is 1. The maximum atomic E-state index is 14.5. The quantitative estimate of drug-likeness (QED) is 0.532. The highest BCUT2D eigenvalue weighted by atomic mass is 32.2. The van der Waals surface area contributed by atoms with Crippen LogP contribution in [0.3, 0.4) is 0 Å². The summed E-state index contributed by atoms with van der Waals surface area (Å²) in [6, 6.07) is 8.88. The van der Waals surface area contributed by atoms with Crippen LogP contribution < -0.4 is 9.04 Å². The number of carboxylic acids is 1. The van der Waals surface area contributed by atoms with Crippen molar-refractivity contribution >= 4 is 21.7 Å². The molecule has 0 saturated carbocycles. The Morgan fingerprint density at radius 1 is 1.17 bits per heavy atom. The number of rotatable bonds is 6. The van der Waals surface area contributed by atoms with E-state index in [1.54, 1.807) is 6.92 Å². The SMILES string of the molecule is Cc1cncc(S(=O)(=O)N2C[C@H](CC3(C(=O)O)COC3)Oc3ccc(-c4cc(F)ccc4F)cc32)c1. The number of aliphatic carboxylic acids is 1. The lowest BCUT2D eigenvalue weighted by molar-refractivity contribution is -0.184. The van der Waals surface area contributed by atoms with Gasteiger partial charge in [-0.05, 0) is 54.4 Å². The van der Waals surface area contributed by atoms with E-state index in [0.29, 0.717) is 5.56 Å². The Morgan fingerprint density at radius 2 is 1.94 bits per heavy atom. The first kappa shape index (κ1) is 24.1. The highest BCUT2D eigenvalue weighted by Crippen LogP contribution is 2.43. The number of ether oxygens (including phenoxy) is 2. The zero-order valence-electron chi connectivity index (χ0n) is 19.1. The molecular weight excluding hydrogens is 494 g/mol. The van der Waals surface area contributed by atoms with Gasteiger partial charge in [0.2, 0.25) is 0 Å². The number of nitrogens with zero attached hydrogens (tertiary/aromatic N) is 2. The Balaban J connectivity index is 1.60. The third-order valence-corrected chi connectivity index (χ3v) is 8.14. The smallest absolute Gasteiger partial charge is 0.314 e. The molecule has 0 unspecified atom stereocenters. The number of aromatic nitrogens is 1. The van der Waals surface area contributed by atoms with Gasteiger partial charge in [0.25, 0.3) is 10.0 Å². The van der Waals surface area contributed by atoms with Crippen molar-refractivity contribution in [2.24, 2.45) is 5.41 Å². The number of pyridine rings is 1. The molecule has 2 aromatic carbocycles. The largest absolute Gasteiger partial charge is 0.486 e. The van der Waals surface area contributed by atoms with Crippen molar-refractivity contribution in [3.05, 3.63) is 72.1 Å². The number of aryl methyl sites for hydroxylation is 1. The van der Waals surface area contributed by atoms with Gasteiger partial charge in [-0.15, -0.1) is 0 Å². The number of halogens is 2. The first-order valence-electron chi connectivity index (χ1n) is 11.1. The van der Waals surface area contributed by atoms with Gasteiger partial charge in [0.1, 0.15) is 33.8 Å². The van der Waals surface area contributed by atoms with Gasteiger partial charge in [-0.2, -0.15) is 0 Å². The van der Waals surface area contributed by atoms with Crippen LogP contribution in [0.2, 0.25) is 0 Å². The highest BCUT2D eigenvalue weighted by molar-refractivity contribution is 7.92. The molecule has 1 saturated heterocycles. The van der Waals surface area contributed by atoms with Gasteiger partial charge < -0.3 is 14.6 Å². The highest BCUT2D eigenvalue weighted by Gasteiger charge is 2.49. The van der Waals surface area contributed by atoms with E-state index in [1.165, 1.54) is 36.7 Å². The van der Waals surface area contributed by atoms with Gasteiger partial charge in [0, 0.05) is 24.4 Å². The molecule has 3 aromatic rings. The minimum Gasteiger partial charge on any atom is -0.486 e. The molecular formula is C25H22F2N2O6S. The minimum absolute atomic E-state index is 0.00138. The zero-order valence-corrected chi connectivity index (χ0v) is 20.0. The molecule has 5 rings (SSSR count). The summed E-state index contributed by atoms with van der Waals surface area (Å²) in [5.74, 6) is -2.18. The number of hydrogen-bond donors (Lipinski definition) is 1.